The van der Waals surface area contributed by atoms with Gasteiger partial charge in [-0.3, -0.25) is 4.90 Å². The molecular weight excluding hydrogens is 118 g/mol. The van der Waals surface area contributed by atoms with Gasteiger partial charge in [0.2, 0.25) is 0 Å². The Morgan fingerprint density at radius 1 is 1.50 bits per heavy atom. The highest BCUT2D eigenvalue weighted by Gasteiger charge is 2.28. The Balaban J connectivity index is 2.54. The van der Waals surface area contributed by atoms with E-state index in [1.807, 2.05) is 11.8 Å². The van der Waals surface area contributed by atoms with Crippen molar-refractivity contribution in [3.63, 3.8) is 0 Å². The summed E-state index contributed by atoms with van der Waals surface area (Å²) in [6, 6.07) is 0. The van der Waals surface area contributed by atoms with Crippen LogP contribution in [-0.4, -0.2) is 29.1 Å². The maximum absolute atomic E-state index is 2.39. The Morgan fingerprint density at radius 2 is 2.12 bits per heavy atom. The molecule has 0 radical (unpaired) electrons. The smallest absolute Gasteiger partial charge is 0.0447 e. The summed E-state index contributed by atoms with van der Waals surface area (Å²) in [5, 5.41) is 0. The second-order valence-corrected chi connectivity index (χ2v) is 3.94. The van der Waals surface area contributed by atoms with Gasteiger partial charge in [-0.1, -0.05) is 0 Å². The average molecular weight is 131 g/mol. The molecule has 0 spiro atoms. The summed E-state index contributed by atoms with van der Waals surface area (Å²) in [5.74, 6) is 2.48. The monoisotopic (exact) mass is 131 g/mol. The molecule has 0 bridgehead atoms. The topological polar surface area (TPSA) is 3.24 Å². The SMILES string of the molecule is CN1CSCC1(C)C. The maximum atomic E-state index is 2.39. The minimum Gasteiger partial charge on any atom is -0.291 e. The molecule has 0 aromatic heterocycles. The molecule has 1 nitrogen and oxygen atoms in total. The summed E-state index contributed by atoms with van der Waals surface area (Å²) in [5.41, 5.74) is 0.449. The molecule has 48 valence electrons. The van der Waals surface area contributed by atoms with Gasteiger partial charge in [0.25, 0.3) is 0 Å². The lowest BCUT2D eigenvalue weighted by atomic mass is 10.1. The second kappa shape index (κ2) is 1.92. The highest BCUT2D eigenvalue weighted by molar-refractivity contribution is 7.99. The summed E-state index contributed by atoms with van der Waals surface area (Å²) in [6.07, 6.45) is 0. The van der Waals surface area contributed by atoms with Crippen LogP contribution < -0.4 is 0 Å². The Labute approximate surface area is 55.4 Å². The molecule has 8 heavy (non-hydrogen) atoms. The van der Waals surface area contributed by atoms with E-state index in [9.17, 15) is 0 Å². The van der Waals surface area contributed by atoms with E-state index in [0.29, 0.717) is 5.54 Å². The van der Waals surface area contributed by atoms with E-state index in [2.05, 4.69) is 25.8 Å². The van der Waals surface area contributed by atoms with Gasteiger partial charge in [-0.15, -0.1) is 11.8 Å². The fourth-order valence-electron chi connectivity index (χ4n) is 0.717. The highest BCUT2D eigenvalue weighted by atomic mass is 32.2. The Hall–Kier alpha value is 0.310. The molecule has 1 aliphatic heterocycles. The van der Waals surface area contributed by atoms with Crippen molar-refractivity contribution in [1.29, 1.82) is 0 Å². The molecule has 0 N–H and O–H groups in total. The third kappa shape index (κ3) is 1.00. The lowest BCUT2D eigenvalue weighted by Gasteiger charge is -2.25. The van der Waals surface area contributed by atoms with Crippen molar-refractivity contribution in [2.24, 2.45) is 0 Å². The molecule has 0 unspecified atom stereocenters. The van der Waals surface area contributed by atoms with Crippen LogP contribution in [0, 0.1) is 0 Å². The quantitative estimate of drug-likeness (QED) is 0.489. The van der Waals surface area contributed by atoms with Crippen LogP contribution in [0.1, 0.15) is 13.8 Å². The van der Waals surface area contributed by atoms with Crippen LogP contribution in [0.4, 0.5) is 0 Å². The van der Waals surface area contributed by atoms with E-state index < -0.39 is 0 Å². The van der Waals surface area contributed by atoms with Gasteiger partial charge in [0.05, 0.1) is 0 Å². The van der Waals surface area contributed by atoms with Crippen LogP contribution in [0.15, 0.2) is 0 Å². The summed E-state index contributed by atoms with van der Waals surface area (Å²) < 4.78 is 0. The van der Waals surface area contributed by atoms with E-state index in [-0.39, 0.29) is 0 Å². The minimum absolute atomic E-state index is 0.449. The van der Waals surface area contributed by atoms with Crippen LogP contribution in [0.3, 0.4) is 0 Å². The first-order valence-electron chi connectivity index (χ1n) is 2.92. The highest BCUT2D eigenvalue weighted by Crippen LogP contribution is 2.27. The number of rotatable bonds is 0. The zero-order valence-electron chi connectivity index (χ0n) is 5.77. The van der Waals surface area contributed by atoms with E-state index in [0.717, 1.165) is 0 Å². The summed E-state index contributed by atoms with van der Waals surface area (Å²) in [7, 11) is 2.18. The second-order valence-electron chi connectivity index (χ2n) is 2.99. The third-order valence-corrected chi connectivity index (χ3v) is 3.25. The molecule has 0 aromatic carbocycles. The van der Waals surface area contributed by atoms with Gasteiger partial charge in [-0.25, -0.2) is 0 Å². The first-order chi connectivity index (χ1) is 3.63. The molecule has 1 rings (SSSR count). The van der Waals surface area contributed by atoms with Crippen LogP contribution in [0.25, 0.3) is 0 Å². The van der Waals surface area contributed by atoms with Crippen molar-refractivity contribution in [1.82, 2.24) is 4.90 Å². The number of nitrogens with zero attached hydrogens (tertiary/aromatic N) is 1. The normalized spacial score (nSPS) is 28.9. The molecule has 1 aliphatic rings. The van der Waals surface area contributed by atoms with Gasteiger partial charge >= 0.3 is 0 Å². The molecule has 1 fully saturated rings. The maximum Gasteiger partial charge on any atom is 0.0447 e. The van der Waals surface area contributed by atoms with Gasteiger partial charge in [-0.2, -0.15) is 0 Å². The predicted octanol–water partition coefficient (Wildman–Crippen LogP) is 1.40. The van der Waals surface area contributed by atoms with Crippen LogP contribution in [-0.2, 0) is 0 Å². The Morgan fingerprint density at radius 3 is 2.25 bits per heavy atom. The predicted molar refractivity (Wildman–Crippen MR) is 39.2 cm³/mol. The van der Waals surface area contributed by atoms with Crippen molar-refractivity contribution in [2.45, 2.75) is 19.4 Å². The van der Waals surface area contributed by atoms with Crippen molar-refractivity contribution in [3.8, 4) is 0 Å². The van der Waals surface area contributed by atoms with Gasteiger partial charge in [0.1, 0.15) is 0 Å². The molecular formula is C6H13NS. The molecule has 0 saturated carbocycles. The average Bonchev–Trinajstić information content (AvgIpc) is 1.86. The number of thioether (sulfide) groups is 1. The van der Waals surface area contributed by atoms with Gasteiger partial charge < -0.3 is 0 Å². The molecule has 0 aromatic rings. The Kier molecular flexibility index (Phi) is 1.54. The van der Waals surface area contributed by atoms with Gasteiger partial charge in [0, 0.05) is 17.2 Å². The Bertz CT molecular complexity index is 90.5. The summed E-state index contributed by atoms with van der Waals surface area (Å²) >= 11 is 2.02. The van der Waals surface area contributed by atoms with Crippen molar-refractivity contribution < 1.29 is 0 Å². The molecule has 1 heterocycles. The summed E-state index contributed by atoms with van der Waals surface area (Å²) in [4.78, 5) is 2.39. The third-order valence-electron chi connectivity index (χ3n) is 1.77. The zero-order chi connectivity index (χ0) is 6.20. The minimum atomic E-state index is 0.449. The molecule has 2 heteroatoms. The molecule has 0 aliphatic carbocycles. The zero-order valence-corrected chi connectivity index (χ0v) is 6.59. The lowest BCUT2D eigenvalue weighted by Crippen LogP contribution is -2.36. The summed E-state index contributed by atoms with van der Waals surface area (Å²) in [6.45, 7) is 4.57. The van der Waals surface area contributed by atoms with Crippen molar-refractivity contribution >= 4 is 11.8 Å². The van der Waals surface area contributed by atoms with E-state index in [4.69, 9.17) is 0 Å². The fraction of sp³-hybridized carbons (Fsp3) is 1.00. The van der Waals surface area contributed by atoms with Crippen molar-refractivity contribution in [3.05, 3.63) is 0 Å². The lowest BCUT2D eigenvalue weighted by molar-refractivity contribution is 0.231. The van der Waals surface area contributed by atoms with Crippen LogP contribution >= 0.6 is 11.8 Å². The molecule has 1 saturated heterocycles. The van der Waals surface area contributed by atoms with Crippen LogP contribution in [0.5, 0.6) is 0 Å². The number of hydrogen-bond donors (Lipinski definition) is 0. The van der Waals surface area contributed by atoms with Crippen molar-refractivity contribution in [2.75, 3.05) is 18.7 Å². The largest absolute Gasteiger partial charge is 0.291 e. The van der Waals surface area contributed by atoms with E-state index in [1.54, 1.807) is 0 Å². The molecule has 0 atom stereocenters. The van der Waals surface area contributed by atoms with E-state index in [1.165, 1.54) is 11.6 Å². The first-order valence-corrected chi connectivity index (χ1v) is 4.07. The number of hydrogen-bond acceptors (Lipinski definition) is 2. The van der Waals surface area contributed by atoms with Gasteiger partial charge in [-0.05, 0) is 20.9 Å². The first kappa shape index (κ1) is 6.43. The fourth-order valence-corrected chi connectivity index (χ4v) is 2.15. The van der Waals surface area contributed by atoms with E-state index >= 15 is 0 Å². The standard InChI is InChI=1S/C6H13NS/c1-6(2)4-8-5-7(6)3/h4-5H2,1-3H3. The molecule has 0 amide bonds. The van der Waals surface area contributed by atoms with Crippen LogP contribution in [0.2, 0.25) is 0 Å². The van der Waals surface area contributed by atoms with Gasteiger partial charge in [0.15, 0.2) is 0 Å².